The second-order valence-electron chi connectivity index (χ2n) is 8.87. The molecule has 1 saturated heterocycles. The molecule has 6 nitrogen and oxygen atoms in total. The lowest BCUT2D eigenvalue weighted by Crippen LogP contribution is -2.49. The predicted octanol–water partition coefficient (Wildman–Crippen LogP) is 4.55. The molecule has 5 rings (SSSR count). The SMILES string of the molecule is Cc1cc(O)c([C@H](c2ccc(F)cc2)N2CCN(c3ccccc3)CC2)c(=O)n1Cc1ccco1. The molecule has 180 valence electrons. The quantitative estimate of drug-likeness (QED) is 0.445. The van der Waals surface area contributed by atoms with E-state index >= 15 is 0 Å². The van der Waals surface area contributed by atoms with E-state index in [9.17, 15) is 14.3 Å². The van der Waals surface area contributed by atoms with Gasteiger partial charge >= 0.3 is 0 Å². The van der Waals surface area contributed by atoms with E-state index in [1.165, 1.54) is 12.1 Å². The number of aryl methyl sites for hydroxylation is 1. The average molecular weight is 474 g/mol. The zero-order valence-corrected chi connectivity index (χ0v) is 19.6. The van der Waals surface area contributed by atoms with Crippen molar-refractivity contribution in [2.75, 3.05) is 31.1 Å². The highest BCUT2D eigenvalue weighted by Crippen LogP contribution is 2.34. The Bertz CT molecular complexity index is 1330. The Kier molecular flexibility index (Phi) is 6.42. The smallest absolute Gasteiger partial charge is 0.260 e. The Morgan fingerprint density at radius 1 is 0.971 bits per heavy atom. The molecule has 0 radical (unpaired) electrons. The predicted molar refractivity (Wildman–Crippen MR) is 133 cm³/mol. The first kappa shape index (κ1) is 22.9. The lowest BCUT2D eigenvalue weighted by Gasteiger charge is -2.40. The Morgan fingerprint density at radius 3 is 2.34 bits per heavy atom. The van der Waals surface area contributed by atoms with Gasteiger partial charge in [-0.1, -0.05) is 30.3 Å². The Morgan fingerprint density at radius 2 is 1.69 bits per heavy atom. The number of nitrogens with zero attached hydrogens (tertiary/aromatic N) is 3. The van der Waals surface area contributed by atoms with Crippen molar-refractivity contribution < 1.29 is 13.9 Å². The van der Waals surface area contributed by atoms with Crippen molar-refractivity contribution in [3.05, 3.63) is 118 Å². The van der Waals surface area contributed by atoms with E-state index in [1.807, 2.05) is 24.3 Å². The molecule has 0 saturated carbocycles. The number of hydrogen-bond donors (Lipinski definition) is 1. The van der Waals surface area contributed by atoms with Gasteiger partial charge in [0, 0.05) is 37.6 Å². The highest BCUT2D eigenvalue weighted by atomic mass is 19.1. The summed E-state index contributed by atoms with van der Waals surface area (Å²) in [5, 5.41) is 11.0. The highest BCUT2D eigenvalue weighted by Gasteiger charge is 2.31. The van der Waals surface area contributed by atoms with Crippen molar-refractivity contribution in [3.8, 4) is 5.75 Å². The maximum absolute atomic E-state index is 13.8. The lowest BCUT2D eigenvalue weighted by atomic mass is 9.96. The van der Waals surface area contributed by atoms with Gasteiger partial charge in [0.2, 0.25) is 0 Å². The van der Waals surface area contributed by atoms with Gasteiger partial charge in [-0.15, -0.1) is 0 Å². The topological polar surface area (TPSA) is 61.9 Å². The van der Waals surface area contributed by atoms with Crippen molar-refractivity contribution in [2.24, 2.45) is 0 Å². The second-order valence-corrected chi connectivity index (χ2v) is 8.87. The van der Waals surface area contributed by atoms with Gasteiger partial charge < -0.3 is 19.0 Å². The minimum Gasteiger partial charge on any atom is -0.507 e. The van der Waals surface area contributed by atoms with Gasteiger partial charge in [0.05, 0.1) is 24.4 Å². The number of benzene rings is 2. The Balaban J connectivity index is 1.53. The molecular formula is C28H28FN3O3. The largest absolute Gasteiger partial charge is 0.507 e. The van der Waals surface area contributed by atoms with Crippen LogP contribution in [0.3, 0.4) is 0 Å². The van der Waals surface area contributed by atoms with Gasteiger partial charge in [-0.2, -0.15) is 0 Å². The van der Waals surface area contributed by atoms with Crippen molar-refractivity contribution in [2.45, 2.75) is 19.5 Å². The van der Waals surface area contributed by atoms with Gasteiger partial charge in [-0.3, -0.25) is 9.69 Å². The summed E-state index contributed by atoms with van der Waals surface area (Å²) in [7, 11) is 0. The first-order valence-corrected chi connectivity index (χ1v) is 11.8. The summed E-state index contributed by atoms with van der Waals surface area (Å²) < 4.78 is 20.9. The molecule has 3 heterocycles. The summed E-state index contributed by atoms with van der Waals surface area (Å²) in [5.74, 6) is 0.259. The van der Waals surface area contributed by atoms with Crippen LogP contribution in [0.5, 0.6) is 5.75 Å². The number of piperazine rings is 1. The Labute approximate surface area is 203 Å². The van der Waals surface area contributed by atoms with Crippen molar-refractivity contribution in [1.29, 1.82) is 0 Å². The van der Waals surface area contributed by atoms with Crippen LogP contribution in [0.4, 0.5) is 10.1 Å². The molecule has 2 aromatic carbocycles. The van der Waals surface area contributed by atoms with E-state index in [4.69, 9.17) is 4.42 Å². The summed E-state index contributed by atoms with van der Waals surface area (Å²) in [6, 6.07) is 21.1. The first-order valence-electron chi connectivity index (χ1n) is 11.8. The van der Waals surface area contributed by atoms with Crippen molar-refractivity contribution in [1.82, 2.24) is 9.47 Å². The van der Waals surface area contributed by atoms with E-state index in [0.717, 1.165) is 24.3 Å². The number of halogens is 1. The minimum absolute atomic E-state index is 0.0528. The van der Waals surface area contributed by atoms with Gasteiger partial charge in [-0.25, -0.2) is 4.39 Å². The van der Waals surface area contributed by atoms with Crippen LogP contribution in [0.2, 0.25) is 0 Å². The minimum atomic E-state index is -0.510. The van der Waals surface area contributed by atoms with Gasteiger partial charge in [0.1, 0.15) is 17.3 Å². The number of para-hydroxylation sites is 1. The van der Waals surface area contributed by atoms with E-state index in [1.54, 1.807) is 42.0 Å². The van der Waals surface area contributed by atoms with Gasteiger partial charge in [0.15, 0.2) is 0 Å². The fourth-order valence-corrected chi connectivity index (χ4v) is 4.86. The van der Waals surface area contributed by atoms with E-state index in [-0.39, 0.29) is 23.7 Å². The number of aromatic hydroxyl groups is 1. The van der Waals surface area contributed by atoms with E-state index in [2.05, 4.69) is 21.9 Å². The number of aromatic nitrogens is 1. The van der Waals surface area contributed by atoms with Crippen LogP contribution >= 0.6 is 0 Å². The third kappa shape index (κ3) is 4.72. The zero-order valence-electron chi connectivity index (χ0n) is 19.6. The second kappa shape index (κ2) is 9.80. The average Bonchev–Trinajstić information content (AvgIpc) is 3.39. The molecule has 1 aliphatic heterocycles. The lowest BCUT2D eigenvalue weighted by molar-refractivity contribution is 0.207. The highest BCUT2D eigenvalue weighted by molar-refractivity contribution is 5.47. The van der Waals surface area contributed by atoms with E-state index in [0.29, 0.717) is 30.1 Å². The standard InChI is InChI=1S/C28H28FN3O3/c1-20-18-25(33)26(28(34)32(20)19-24-8-5-17-35-24)27(21-9-11-22(29)12-10-21)31-15-13-30(14-16-31)23-6-3-2-4-7-23/h2-12,17-18,27,33H,13-16,19H2,1H3/t27-/m0/s1. The molecule has 1 atom stereocenters. The van der Waals surface area contributed by atoms with Crippen LogP contribution in [0.25, 0.3) is 0 Å². The summed E-state index contributed by atoms with van der Waals surface area (Å²) >= 11 is 0. The molecule has 1 aliphatic rings. The Hall–Kier alpha value is -3.84. The molecule has 0 amide bonds. The third-order valence-electron chi connectivity index (χ3n) is 6.68. The van der Waals surface area contributed by atoms with Gasteiger partial charge in [0.25, 0.3) is 5.56 Å². The van der Waals surface area contributed by atoms with Crippen LogP contribution in [0.15, 0.2) is 88.3 Å². The van der Waals surface area contributed by atoms with Crippen LogP contribution in [0, 0.1) is 12.7 Å². The molecular weight excluding hydrogens is 445 g/mol. The van der Waals surface area contributed by atoms with Crippen LogP contribution in [0.1, 0.15) is 28.6 Å². The summed E-state index contributed by atoms with van der Waals surface area (Å²) in [6.07, 6.45) is 1.57. The molecule has 4 aromatic rings. The fourth-order valence-electron chi connectivity index (χ4n) is 4.86. The van der Waals surface area contributed by atoms with Crippen LogP contribution < -0.4 is 10.5 Å². The summed E-state index contributed by atoms with van der Waals surface area (Å²) in [5.41, 5.74) is 2.57. The number of furan rings is 1. The molecule has 0 unspecified atom stereocenters. The number of anilines is 1. The fraction of sp³-hybridized carbons (Fsp3) is 0.250. The number of rotatable bonds is 6. The maximum Gasteiger partial charge on any atom is 0.260 e. The normalized spacial score (nSPS) is 15.3. The van der Waals surface area contributed by atoms with Gasteiger partial charge in [-0.05, 0) is 55.0 Å². The molecule has 2 aromatic heterocycles. The van der Waals surface area contributed by atoms with Crippen LogP contribution in [-0.4, -0.2) is 40.8 Å². The number of hydrogen-bond acceptors (Lipinski definition) is 5. The van der Waals surface area contributed by atoms with Crippen molar-refractivity contribution in [3.63, 3.8) is 0 Å². The maximum atomic E-state index is 13.8. The monoisotopic (exact) mass is 473 g/mol. The molecule has 0 aliphatic carbocycles. The third-order valence-corrected chi connectivity index (χ3v) is 6.68. The van der Waals surface area contributed by atoms with Crippen molar-refractivity contribution >= 4 is 5.69 Å². The summed E-state index contributed by atoms with van der Waals surface area (Å²) in [4.78, 5) is 18.3. The zero-order chi connectivity index (χ0) is 24.4. The first-order chi connectivity index (χ1) is 17.0. The van der Waals surface area contributed by atoms with Crippen LogP contribution in [-0.2, 0) is 6.54 Å². The molecule has 7 heteroatoms. The summed E-state index contributed by atoms with van der Waals surface area (Å²) in [6.45, 7) is 4.97. The molecule has 0 spiro atoms. The molecule has 0 bridgehead atoms. The molecule has 1 fully saturated rings. The molecule has 1 N–H and O–H groups in total. The number of pyridine rings is 1. The van der Waals surface area contributed by atoms with E-state index < -0.39 is 6.04 Å². The molecule has 35 heavy (non-hydrogen) atoms.